The van der Waals surface area contributed by atoms with Gasteiger partial charge in [-0.1, -0.05) is 0 Å². The van der Waals surface area contributed by atoms with Gasteiger partial charge in [0.1, 0.15) is 5.69 Å². The fraction of sp³-hybridized carbons (Fsp3) is 0.647. The van der Waals surface area contributed by atoms with Crippen molar-refractivity contribution in [3.63, 3.8) is 0 Å². The van der Waals surface area contributed by atoms with Gasteiger partial charge in [-0.15, -0.1) is 0 Å². The van der Waals surface area contributed by atoms with Gasteiger partial charge in [-0.25, -0.2) is 4.79 Å². The highest BCUT2D eigenvalue weighted by Crippen LogP contribution is 2.21. The van der Waals surface area contributed by atoms with Gasteiger partial charge >= 0.3 is 6.03 Å². The smallest absolute Gasteiger partial charge is 0.315 e. The van der Waals surface area contributed by atoms with Crippen LogP contribution in [-0.2, 0) is 0 Å². The summed E-state index contributed by atoms with van der Waals surface area (Å²) in [4.78, 5) is 29.3. The third-order valence-corrected chi connectivity index (χ3v) is 4.13. The fourth-order valence-corrected chi connectivity index (χ4v) is 2.94. The Morgan fingerprint density at radius 3 is 2.74 bits per heavy atom. The van der Waals surface area contributed by atoms with Crippen molar-refractivity contribution in [3.05, 3.63) is 24.0 Å². The van der Waals surface area contributed by atoms with Gasteiger partial charge in [-0.3, -0.25) is 4.79 Å². The number of nitrogens with one attached hydrogen (secondary N) is 3. The Kier molecular flexibility index (Phi) is 5.34. The molecule has 0 radical (unpaired) electrons. The average molecular weight is 320 g/mol. The van der Waals surface area contributed by atoms with Gasteiger partial charge in [0.15, 0.2) is 0 Å². The van der Waals surface area contributed by atoms with E-state index in [1.165, 1.54) is 0 Å². The van der Waals surface area contributed by atoms with E-state index in [1.807, 2.05) is 38.7 Å². The van der Waals surface area contributed by atoms with E-state index in [0.29, 0.717) is 12.2 Å². The fourth-order valence-electron chi connectivity index (χ4n) is 2.94. The van der Waals surface area contributed by atoms with Crippen molar-refractivity contribution in [2.75, 3.05) is 13.1 Å². The predicted molar refractivity (Wildman–Crippen MR) is 90.3 cm³/mol. The number of H-pyrrole nitrogens is 1. The summed E-state index contributed by atoms with van der Waals surface area (Å²) in [6.45, 7) is 9.32. The van der Waals surface area contributed by atoms with Gasteiger partial charge in [0.05, 0.1) is 0 Å². The van der Waals surface area contributed by atoms with Gasteiger partial charge < -0.3 is 20.5 Å². The van der Waals surface area contributed by atoms with Crippen LogP contribution in [0.5, 0.6) is 0 Å². The molecule has 3 amide bonds. The Morgan fingerprint density at radius 2 is 2.13 bits per heavy atom. The molecule has 1 fully saturated rings. The molecular formula is C17H28N4O2. The molecule has 2 atom stereocenters. The number of carbonyl (C=O) groups is 2. The standard InChI is InChI=1S/C17H28N4O2/c1-12(19-16(23)20-17(2,3)4)13-7-6-10-21(11-13)15(22)14-8-5-9-18-14/h5,8-9,12-13,18H,6-7,10-11H2,1-4H3,(H2,19,20,23)/t12-,13+/m0/s1. The van der Waals surface area contributed by atoms with E-state index in [0.717, 1.165) is 19.4 Å². The second-order valence-electron chi connectivity index (χ2n) is 7.37. The first-order chi connectivity index (χ1) is 10.8. The van der Waals surface area contributed by atoms with Gasteiger partial charge in [0.25, 0.3) is 5.91 Å². The van der Waals surface area contributed by atoms with Crippen LogP contribution in [0.3, 0.4) is 0 Å². The Balaban J connectivity index is 1.90. The Morgan fingerprint density at radius 1 is 1.39 bits per heavy atom. The molecule has 2 rings (SSSR count). The van der Waals surface area contributed by atoms with Crippen LogP contribution in [0.4, 0.5) is 4.79 Å². The van der Waals surface area contributed by atoms with Crippen LogP contribution in [0.2, 0.25) is 0 Å². The number of hydrogen-bond acceptors (Lipinski definition) is 2. The quantitative estimate of drug-likeness (QED) is 0.799. The lowest BCUT2D eigenvalue weighted by Gasteiger charge is -2.36. The molecule has 0 bridgehead atoms. The van der Waals surface area contributed by atoms with E-state index >= 15 is 0 Å². The average Bonchev–Trinajstić information content (AvgIpc) is 2.98. The van der Waals surface area contributed by atoms with Crippen molar-refractivity contribution in [2.45, 2.75) is 52.1 Å². The molecule has 1 aromatic rings. The van der Waals surface area contributed by atoms with E-state index in [-0.39, 0.29) is 29.4 Å². The summed E-state index contributed by atoms with van der Waals surface area (Å²) < 4.78 is 0. The lowest BCUT2D eigenvalue weighted by atomic mass is 9.91. The van der Waals surface area contributed by atoms with Crippen molar-refractivity contribution in [2.24, 2.45) is 5.92 Å². The van der Waals surface area contributed by atoms with E-state index in [9.17, 15) is 9.59 Å². The third kappa shape index (κ3) is 5.01. The normalized spacial score (nSPS) is 20.0. The Labute approximate surface area is 138 Å². The minimum absolute atomic E-state index is 0.0246. The highest BCUT2D eigenvalue weighted by Gasteiger charge is 2.29. The van der Waals surface area contributed by atoms with E-state index in [2.05, 4.69) is 15.6 Å². The number of likely N-dealkylation sites (tertiary alicyclic amines) is 1. The van der Waals surface area contributed by atoms with Crippen LogP contribution in [0.15, 0.2) is 18.3 Å². The van der Waals surface area contributed by atoms with Crippen LogP contribution in [0.1, 0.15) is 51.0 Å². The number of hydrogen-bond donors (Lipinski definition) is 3. The van der Waals surface area contributed by atoms with Crippen LogP contribution in [0, 0.1) is 5.92 Å². The van der Waals surface area contributed by atoms with Gasteiger partial charge in [0.2, 0.25) is 0 Å². The van der Waals surface area contributed by atoms with E-state index in [4.69, 9.17) is 0 Å². The van der Waals surface area contributed by atoms with Crippen LogP contribution in [0.25, 0.3) is 0 Å². The molecule has 1 aromatic heterocycles. The maximum absolute atomic E-state index is 12.4. The molecule has 1 aliphatic rings. The minimum atomic E-state index is -0.258. The molecule has 0 aliphatic carbocycles. The summed E-state index contributed by atoms with van der Waals surface area (Å²) >= 11 is 0. The second kappa shape index (κ2) is 7.06. The largest absolute Gasteiger partial charge is 0.357 e. The molecule has 0 unspecified atom stereocenters. The van der Waals surface area contributed by atoms with Crippen LogP contribution in [-0.4, -0.2) is 46.5 Å². The van der Waals surface area contributed by atoms with Gasteiger partial charge in [0, 0.05) is 30.9 Å². The second-order valence-corrected chi connectivity index (χ2v) is 7.37. The molecule has 0 saturated carbocycles. The first-order valence-corrected chi connectivity index (χ1v) is 8.27. The Hall–Kier alpha value is -1.98. The summed E-state index contributed by atoms with van der Waals surface area (Å²) in [6.07, 6.45) is 3.74. The van der Waals surface area contributed by atoms with Crippen molar-refractivity contribution >= 4 is 11.9 Å². The molecule has 0 spiro atoms. The Bertz CT molecular complexity index is 533. The molecule has 128 valence electrons. The minimum Gasteiger partial charge on any atom is -0.357 e. The number of aromatic nitrogens is 1. The molecule has 0 aromatic carbocycles. The number of nitrogens with zero attached hydrogens (tertiary/aromatic N) is 1. The maximum atomic E-state index is 12.4. The van der Waals surface area contributed by atoms with Crippen molar-refractivity contribution < 1.29 is 9.59 Å². The lowest BCUT2D eigenvalue weighted by Crippen LogP contribution is -2.53. The van der Waals surface area contributed by atoms with Crippen LogP contribution < -0.4 is 10.6 Å². The highest BCUT2D eigenvalue weighted by molar-refractivity contribution is 5.92. The zero-order valence-corrected chi connectivity index (χ0v) is 14.5. The topological polar surface area (TPSA) is 77.2 Å². The zero-order chi connectivity index (χ0) is 17.0. The monoisotopic (exact) mass is 320 g/mol. The molecule has 3 N–H and O–H groups in total. The molecule has 6 nitrogen and oxygen atoms in total. The predicted octanol–water partition coefficient (Wildman–Crippen LogP) is 2.35. The highest BCUT2D eigenvalue weighted by atomic mass is 16.2. The van der Waals surface area contributed by atoms with E-state index in [1.54, 1.807) is 12.3 Å². The molecular weight excluding hydrogens is 292 g/mol. The van der Waals surface area contributed by atoms with Crippen molar-refractivity contribution in [3.8, 4) is 0 Å². The summed E-state index contributed by atoms with van der Waals surface area (Å²) in [5.41, 5.74) is 0.364. The SMILES string of the molecule is C[C@H](NC(=O)NC(C)(C)C)[C@@H]1CCCN(C(=O)c2ccc[nH]2)C1. The summed E-state index contributed by atoms with van der Waals surface area (Å²) in [7, 11) is 0. The van der Waals surface area contributed by atoms with Gasteiger partial charge in [-0.05, 0) is 58.6 Å². The molecule has 23 heavy (non-hydrogen) atoms. The lowest BCUT2D eigenvalue weighted by molar-refractivity contribution is 0.0648. The summed E-state index contributed by atoms with van der Waals surface area (Å²) in [5.74, 6) is 0.305. The number of piperidine rings is 1. The number of rotatable bonds is 3. The summed E-state index contributed by atoms with van der Waals surface area (Å²) in [5, 5.41) is 5.91. The first kappa shape index (κ1) is 17.4. The summed E-state index contributed by atoms with van der Waals surface area (Å²) in [6, 6.07) is 3.49. The number of carbonyl (C=O) groups excluding carboxylic acids is 2. The zero-order valence-electron chi connectivity index (χ0n) is 14.5. The molecule has 2 heterocycles. The van der Waals surface area contributed by atoms with Gasteiger partial charge in [-0.2, -0.15) is 0 Å². The molecule has 1 saturated heterocycles. The number of aromatic amines is 1. The third-order valence-electron chi connectivity index (χ3n) is 4.13. The number of amides is 3. The van der Waals surface area contributed by atoms with E-state index < -0.39 is 0 Å². The van der Waals surface area contributed by atoms with Crippen molar-refractivity contribution in [1.82, 2.24) is 20.5 Å². The van der Waals surface area contributed by atoms with Crippen LogP contribution >= 0.6 is 0 Å². The first-order valence-electron chi connectivity index (χ1n) is 8.27. The maximum Gasteiger partial charge on any atom is 0.315 e. The van der Waals surface area contributed by atoms with Crippen molar-refractivity contribution in [1.29, 1.82) is 0 Å². The molecule has 1 aliphatic heterocycles. The number of urea groups is 1. The molecule has 6 heteroatoms.